The summed E-state index contributed by atoms with van der Waals surface area (Å²) in [6.45, 7) is 2.79. The van der Waals surface area contributed by atoms with Gasteiger partial charge in [-0.1, -0.05) is 30.3 Å². The van der Waals surface area contributed by atoms with Crippen LogP contribution in [0.25, 0.3) is 0 Å². The van der Waals surface area contributed by atoms with Gasteiger partial charge in [0.25, 0.3) is 0 Å². The molecule has 0 bridgehead atoms. The van der Waals surface area contributed by atoms with E-state index < -0.39 is 17.0 Å². The lowest BCUT2D eigenvalue weighted by atomic mass is 10.3. The molecule has 4 rings (SSSR count). The van der Waals surface area contributed by atoms with Gasteiger partial charge in [0.05, 0.1) is 12.3 Å². The number of carbonyl (C=O) groups excluding carboxylic acids is 1. The van der Waals surface area contributed by atoms with E-state index in [9.17, 15) is 14.4 Å². The van der Waals surface area contributed by atoms with Crippen molar-refractivity contribution in [2.75, 3.05) is 23.4 Å². The molecule has 1 aromatic heterocycles. The van der Waals surface area contributed by atoms with Crippen LogP contribution in [0.2, 0.25) is 0 Å². The number of nitrogens with one attached hydrogen (secondary N) is 1. The molecule has 3 aromatic rings. The summed E-state index contributed by atoms with van der Waals surface area (Å²) in [6, 6.07) is 16.5. The molecule has 1 N–H and O–H groups in total. The third-order valence-corrected chi connectivity index (χ3v) is 4.72. The number of benzene rings is 2. The number of anilines is 3. The maximum atomic E-state index is 12.6. The van der Waals surface area contributed by atoms with Crippen molar-refractivity contribution in [1.29, 1.82) is 0 Å². The number of para-hydroxylation sites is 3. The van der Waals surface area contributed by atoms with Crippen LogP contribution in [0.1, 0.15) is 6.92 Å². The molecule has 0 unspecified atom stereocenters. The lowest BCUT2D eigenvalue weighted by Crippen LogP contribution is -2.44. The van der Waals surface area contributed by atoms with Crippen LogP contribution >= 0.6 is 0 Å². The molecule has 1 amide bonds. The summed E-state index contributed by atoms with van der Waals surface area (Å²) in [4.78, 5) is 39.4. The Morgan fingerprint density at radius 1 is 1.03 bits per heavy atom. The smallest absolute Gasteiger partial charge is 0.333 e. The molecular formula is C21H21N5O4. The molecule has 1 aliphatic rings. The van der Waals surface area contributed by atoms with Crippen molar-refractivity contribution >= 4 is 23.2 Å². The summed E-state index contributed by atoms with van der Waals surface area (Å²) in [7, 11) is 0. The Labute approximate surface area is 172 Å². The Balaban J connectivity index is 1.61. The summed E-state index contributed by atoms with van der Waals surface area (Å²) in [6.07, 6.45) is 0. The number of hydrogen-bond donors (Lipinski definition) is 1. The minimum atomic E-state index is -0.832. The Hall–Kier alpha value is -3.88. The van der Waals surface area contributed by atoms with Crippen LogP contribution in [0.15, 0.2) is 64.2 Å². The highest BCUT2D eigenvalue weighted by molar-refractivity contribution is 5.92. The molecule has 0 radical (unpaired) electrons. The predicted octanol–water partition coefficient (Wildman–Crippen LogP) is 1.59. The number of ether oxygens (including phenoxy) is 1. The molecule has 30 heavy (non-hydrogen) atoms. The van der Waals surface area contributed by atoms with Crippen LogP contribution < -0.4 is 26.1 Å². The molecular weight excluding hydrogens is 386 g/mol. The van der Waals surface area contributed by atoms with Gasteiger partial charge in [-0.3, -0.25) is 19.0 Å². The number of nitrogens with zero attached hydrogens (tertiary/aromatic N) is 4. The van der Waals surface area contributed by atoms with E-state index in [0.717, 1.165) is 10.4 Å². The van der Waals surface area contributed by atoms with E-state index in [1.807, 2.05) is 42.2 Å². The van der Waals surface area contributed by atoms with Crippen molar-refractivity contribution in [1.82, 2.24) is 14.3 Å². The molecule has 0 fully saturated rings. The topological polar surface area (TPSA) is 98.5 Å². The second-order valence-corrected chi connectivity index (χ2v) is 6.68. The molecule has 0 aliphatic carbocycles. The van der Waals surface area contributed by atoms with Crippen LogP contribution in [0.5, 0.6) is 5.75 Å². The summed E-state index contributed by atoms with van der Waals surface area (Å²) in [5, 5.41) is 7.03. The Morgan fingerprint density at radius 3 is 2.53 bits per heavy atom. The fraction of sp³-hybridized carbons (Fsp3) is 0.238. The second kappa shape index (κ2) is 8.24. The number of aromatic nitrogens is 3. The molecule has 0 spiro atoms. The quantitative estimate of drug-likeness (QED) is 0.623. The van der Waals surface area contributed by atoms with Crippen molar-refractivity contribution in [3.63, 3.8) is 0 Å². The van der Waals surface area contributed by atoms with Gasteiger partial charge in [-0.15, -0.1) is 5.10 Å². The molecule has 2 aromatic carbocycles. The molecule has 0 atom stereocenters. The van der Waals surface area contributed by atoms with Crippen molar-refractivity contribution in [2.45, 2.75) is 20.0 Å². The second-order valence-electron chi connectivity index (χ2n) is 6.68. The van der Waals surface area contributed by atoms with Crippen molar-refractivity contribution < 1.29 is 9.53 Å². The van der Waals surface area contributed by atoms with Crippen LogP contribution in [0, 0.1) is 0 Å². The van der Waals surface area contributed by atoms with Gasteiger partial charge in [-0.2, -0.15) is 0 Å². The third kappa shape index (κ3) is 3.69. The lowest BCUT2D eigenvalue weighted by Gasteiger charge is -2.17. The fourth-order valence-electron chi connectivity index (χ4n) is 3.36. The minimum Gasteiger partial charge on any atom is -0.492 e. The van der Waals surface area contributed by atoms with E-state index in [1.165, 1.54) is 4.57 Å². The molecule has 154 valence electrons. The van der Waals surface area contributed by atoms with Gasteiger partial charge in [-0.05, 0) is 31.2 Å². The lowest BCUT2D eigenvalue weighted by molar-refractivity contribution is -0.117. The van der Waals surface area contributed by atoms with E-state index in [0.29, 0.717) is 37.1 Å². The first kappa shape index (κ1) is 19.4. The first-order chi connectivity index (χ1) is 14.6. The standard InChI is InChI=1S/C21H21N5O4/c1-2-30-17-11-7-6-10-16(17)22-18(27)14-26-20(29)19(28)25-13-12-24(21(25)23-26)15-8-4-3-5-9-15/h3-11H,2,12-14H2,1H3,(H,22,27). The average molecular weight is 407 g/mol. The zero-order chi connectivity index (χ0) is 21.1. The largest absolute Gasteiger partial charge is 0.492 e. The minimum absolute atomic E-state index is 0.341. The Bertz CT molecular complexity index is 1190. The van der Waals surface area contributed by atoms with Gasteiger partial charge in [0.1, 0.15) is 12.3 Å². The van der Waals surface area contributed by atoms with Crippen LogP contribution in [0.4, 0.5) is 17.3 Å². The number of rotatable bonds is 6. The molecule has 1 aliphatic heterocycles. The van der Waals surface area contributed by atoms with Gasteiger partial charge in [0, 0.05) is 18.8 Å². The number of carbonyl (C=O) groups is 1. The zero-order valence-electron chi connectivity index (χ0n) is 16.4. The van der Waals surface area contributed by atoms with Crippen LogP contribution in [0.3, 0.4) is 0 Å². The van der Waals surface area contributed by atoms with E-state index in [4.69, 9.17) is 4.74 Å². The first-order valence-corrected chi connectivity index (χ1v) is 9.64. The van der Waals surface area contributed by atoms with E-state index >= 15 is 0 Å². The monoisotopic (exact) mass is 407 g/mol. The summed E-state index contributed by atoms with van der Waals surface area (Å²) in [5.41, 5.74) is -0.181. The third-order valence-electron chi connectivity index (χ3n) is 4.72. The highest BCUT2D eigenvalue weighted by Gasteiger charge is 2.26. The van der Waals surface area contributed by atoms with Crippen LogP contribution in [-0.4, -0.2) is 33.4 Å². The Kier molecular flexibility index (Phi) is 5.34. The van der Waals surface area contributed by atoms with Gasteiger partial charge >= 0.3 is 11.1 Å². The van der Waals surface area contributed by atoms with E-state index in [2.05, 4.69) is 10.4 Å². The van der Waals surface area contributed by atoms with Crippen molar-refractivity contribution in [3.05, 3.63) is 75.3 Å². The summed E-state index contributed by atoms with van der Waals surface area (Å²) >= 11 is 0. The van der Waals surface area contributed by atoms with Crippen LogP contribution in [-0.2, 0) is 17.9 Å². The average Bonchev–Trinajstić information content (AvgIpc) is 3.18. The van der Waals surface area contributed by atoms with Gasteiger partial charge in [-0.25, -0.2) is 4.68 Å². The molecule has 0 saturated carbocycles. The maximum absolute atomic E-state index is 12.6. The molecule has 9 nitrogen and oxygen atoms in total. The molecule has 0 saturated heterocycles. The number of amides is 1. The first-order valence-electron chi connectivity index (χ1n) is 9.64. The van der Waals surface area contributed by atoms with Gasteiger partial charge in [0.15, 0.2) is 0 Å². The van der Waals surface area contributed by atoms with E-state index in [-0.39, 0.29) is 6.54 Å². The van der Waals surface area contributed by atoms with E-state index in [1.54, 1.807) is 24.3 Å². The number of hydrogen-bond acceptors (Lipinski definition) is 6. The molecule has 2 heterocycles. The van der Waals surface area contributed by atoms with Gasteiger partial charge < -0.3 is 15.0 Å². The number of fused-ring (bicyclic) bond motifs is 1. The van der Waals surface area contributed by atoms with Crippen molar-refractivity contribution in [3.8, 4) is 5.75 Å². The van der Waals surface area contributed by atoms with Gasteiger partial charge in [0.2, 0.25) is 11.9 Å². The predicted molar refractivity (Wildman–Crippen MR) is 112 cm³/mol. The fourth-order valence-corrected chi connectivity index (χ4v) is 3.36. The maximum Gasteiger partial charge on any atom is 0.333 e. The molecule has 9 heteroatoms. The SMILES string of the molecule is CCOc1ccccc1NC(=O)Cn1nc2n(c(=O)c1=O)CCN2c1ccccc1. The Morgan fingerprint density at radius 2 is 1.77 bits per heavy atom. The van der Waals surface area contributed by atoms with Crippen molar-refractivity contribution in [2.24, 2.45) is 0 Å². The zero-order valence-corrected chi connectivity index (χ0v) is 16.4. The summed E-state index contributed by atoms with van der Waals surface area (Å²) < 4.78 is 7.75. The highest BCUT2D eigenvalue weighted by Crippen LogP contribution is 2.26. The normalized spacial score (nSPS) is 12.5. The summed E-state index contributed by atoms with van der Waals surface area (Å²) in [5.74, 6) is 0.386. The highest BCUT2D eigenvalue weighted by atomic mass is 16.5.